The summed E-state index contributed by atoms with van der Waals surface area (Å²) in [5, 5.41) is 14.8. The van der Waals surface area contributed by atoms with Gasteiger partial charge < -0.3 is 5.32 Å². The van der Waals surface area contributed by atoms with E-state index in [2.05, 4.69) is 15.5 Å². The van der Waals surface area contributed by atoms with Crippen molar-refractivity contribution in [3.8, 4) is 16.9 Å². The van der Waals surface area contributed by atoms with E-state index in [1.54, 1.807) is 10.9 Å². The van der Waals surface area contributed by atoms with E-state index in [9.17, 15) is 4.79 Å². The van der Waals surface area contributed by atoms with Gasteiger partial charge in [-0.25, -0.2) is 4.68 Å². The number of hydrogen-bond donors (Lipinski definition) is 2. The Morgan fingerprint density at radius 3 is 2.50 bits per heavy atom. The molecule has 0 aliphatic heterocycles. The number of amides is 1. The second kappa shape index (κ2) is 7.72. The number of benzene rings is 2. The summed E-state index contributed by atoms with van der Waals surface area (Å²) < 4.78 is 4.34. The summed E-state index contributed by atoms with van der Waals surface area (Å²) in [5.41, 5.74) is 2.93. The summed E-state index contributed by atoms with van der Waals surface area (Å²) in [5.74, 6) is 0.542. The summed E-state index contributed by atoms with van der Waals surface area (Å²) in [6, 6.07) is 19.9. The van der Waals surface area contributed by atoms with Crippen LogP contribution >= 0.6 is 12.2 Å². The normalized spacial score (nSPS) is 13.3. The first-order chi connectivity index (χ1) is 14.7. The van der Waals surface area contributed by atoms with E-state index in [0.717, 1.165) is 29.9 Å². The van der Waals surface area contributed by atoms with Crippen molar-refractivity contribution in [3.05, 3.63) is 83.0 Å². The van der Waals surface area contributed by atoms with Gasteiger partial charge in [0.1, 0.15) is 5.69 Å². The minimum Gasteiger partial charge on any atom is -0.345 e. The molecule has 2 aromatic heterocycles. The Morgan fingerprint density at radius 1 is 1.10 bits per heavy atom. The lowest BCUT2D eigenvalue weighted by atomic mass is 10.1. The van der Waals surface area contributed by atoms with Gasteiger partial charge in [0, 0.05) is 17.8 Å². The molecule has 0 saturated heterocycles. The molecule has 0 radical (unpaired) electrons. The van der Waals surface area contributed by atoms with Gasteiger partial charge in [-0.1, -0.05) is 48.5 Å². The first-order valence-electron chi connectivity index (χ1n) is 9.85. The summed E-state index contributed by atoms with van der Waals surface area (Å²) in [6.45, 7) is 0.299. The Hall–Kier alpha value is -3.52. The molecule has 1 amide bonds. The van der Waals surface area contributed by atoms with Gasteiger partial charge in [0.05, 0.1) is 17.8 Å². The number of aromatic amines is 1. The predicted molar refractivity (Wildman–Crippen MR) is 116 cm³/mol. The third kappa shape index (κ3) is 3.57. The number of hydrogen-bond acceptors (Lipinski definition) is 4. The Bertz CT molecular complexity index is 1240. The molecule has 2 N–H and O–H groups in total. The molecule has 0 bridgehead atoms. The lowest BCUT2D eigenvalue weighted by Crippen LogP contribution is -2.25. The van der Waals surface area contributed by atoms with Crippen LogP contribution in [0.4, 0.5) is 0 Å². The standard InChI is InChI=1S/C22H20N6OS/c29-21(23-13-19-24-25-22(30)28(19)17-11-12-17)18-14-27(16-9-5-2-6-10-16)26-20(18)15-7-3-1-4-8-15/h1-10,14,17H,11-13H2,(H,23,29)(H,25,30). The topological polar surface area (TPSA) is 80.5 Å². The van der Waals surface area contributed by atoms with E-state index in [-0.39, 0.29) is 5.91 Å². The zero-order valence-corrected chi connectivity index (χ0v) is 17.0. The summed E-state index contributed by atoms with van der Waals surface area (Å²) >= 11 is 5.32. The van der Waals surface area contributed by atoms with Gasteiger partial charge in [-0.2, -0.15) is 10.2 Å². The minimum absolute atomic E-state index is 0.202. The van der Waals surface area contributed by atoms with Crippen LogP contribution in [0.5, 0.6) is 0 Å². The van der Waals surface area contributed by atoms with E-state index < -0.39 is 0 Å². The third-order valence-corrected chi connectivity index (χ3v) is 5.41. The molecule has 0 atom stereocenters. The van der Waals surface area contributed by atoms with Crippen LogP contribution in [0, 0.1) is 4.77 Å². The predicted octanol–water partition coefficient (Wildman–Crippen LogP) is 4.06. The maximum atomic E-state index is 13.1. The summed E-state index contributed by atoms with van der Waals surface area (Å²) in [6.07, 6.45) is 3.96. The fourth-order valence-corrected chi connectivity index (χ4v) is 3.79. The number of para-hydroxylation sites is 1. The van der Waals surface area contributed by atoms with Crippen LogP contribution in [-0.2, 0) is 6.54 Å². The molecule has 1 aliphatic rings. The Balaban J connectivity index is 1.46. The molecule has 30 heavy (non-hydrogen) atoms. The fourth-order valence-electron chi connectivity index (χ4n) is 3.49. The van der Waals surface area contributed by atoms with Gasteiger partial charge in [0.15, 0.2) is 10.6 Å². The van der Waals surface area contributed by atoms with Gasteiger partial charge in [-0.05, 0) is 37.2 Å². The van der Waals surface area contributed by atoms with Crippen LogP contribution in [0.25, 0.3) is 16.9 Å². The molecular formula is C22H20N6OS. The van der Waals surface area contributed by atoms with Crippen molar-refractivity contribution in [3.63, 3.8) is 0 Å². The van der Waals surface area contributed by atoms with Crippen molar-refractivity contribution in [1.82, 2.24) is 29.9 Å². The Labute approximate surface area is 178 Å². The SMILES string of the molecule is O=C(NCc1n[nH]c(=S)n1C1CC1)c1cn(-c2ccccc2)nc1-c1ccccc1. The van der Waals surface area contributed by atoms with Crippen LogP contribution in [0.3, 0.4) is 0 Å². The smallest absolute Gasteiger partial charge is 0.255 e. The maximum absolute atomic E-state index is 13.1. The number of carbonyl (C=O) groups is 1. The fraction of sp³-hybridized carbons (Fsp3) is 0.182. The number of aromatic nitrogens is 5. The lowest BCUT2D eigenvalue weighted by Gasteiger charge is -2.07. The van der Waals surface area contributed by atoms with Gasteiger partial charge >= 0.3 is 0 Å². The molecule has 1 saturated carbocycles. The zero-order valence-electron chi connectivity index (χ0n) is 16.2. The van der Waals surface area contributed by atoms with Crippen molar-refractivity contribution in [2.45, 2.75) is 25.4 Å². The summed E-state index contributed by atoms with van der Waals surface area (Å²) in [7, 11) is 0. The third-order valence-electron chi connectivity index (χ3n) is 5.12. The van der Waals surface area contributed by atoms with E-state index in [4.69, 9.17) is 17.3 Å². The molecule has 7 nitrogen and oxygen atoms in total. The average Bonchev–Trinajstić information content (AvgIpc) is 3.40. The number of rotatable bonds is 6. The van der Waals surface area contributed by atoms with Crippen molar-refractivity contribution in [1.29, 1.82) is 0 Å². The lowest BCUT2D eigenvalue weighted by molar-refractivity contribution is 0.0950. The summed E-state index contributed by atoms with van der Waals surface area (Å²) in [4.78, 5) is 13.1. The van der Waals surface area contributed by atoms with Gasteiger partial charge in [-0.15, -0.1) is 0 Å². The van der Waals surface area contributed by atoms with Crippen molar-refractivity contribution < 1.29 is 4.79 Å². The zero-order chi connectivity index (χ0) is 20.5. The van der Waals surface area contributed by atoms with Gasteiger partial charge in [-0.3, -0.25) is 14.5 Å². The Morgan fingerprint density at radius 2 is 1.80 bits per heavy atom. The highest BCUT2D eigenvalue weighted by atomic mass is 32.1. The van der Waals surface area contributed by atoms with E-state index in [0.29, 0.717) is 28.6 Å². The second-order valence-electron chi connectivity index (χ2n) is 7.27. The molecule has 2 aromatic carbocycles. The van der Waals surface area contributed by atoms with Gasteiger partial charge in [0.2, 0.25) is 0 Å². The molecule has 2 heterocycles. The highest BCUT2D eigenvalue weighted by Gasteiger charge is 2.27. The van der Waals surface area contributed by atoms with E-state index >= 15 is 0 Å². The van der Waals surface area contributed by atoms with Crippen molar-refractivity contribution in [2.24, 2.45) is 0 Å². The quantitative estimate of drug-likeness (QED) is 0.465. The first-order valence-corrected chi connectivity index (χ1v) is 10.3. The van der Waals surface area contributed by atoms with E-state index in [1.165, 1.54) is 0 Å². The average molecular weight is 417 g/mol. The van der Waals surface area contributed by atoms with Crippen LogP contribution < -0.4 is 5.32 Å². The van der Waals surface area contributed by atoms with Crippen LogP contribution in [0.15, 0.2) is 66.9 Å². The number of carbonyl (C=O) groups excluding carboxylic acids is 1. The minimum atomic E-state index is -0.202. The van der Waals surface area contributed by atoms with Crippen molar-refractivity contribution in [2.75, 3.05) is 0 Å². The monoisotopic (exact) mass is 416 g/mol. The molecule has 1 fully saturated rings. The highest BCUT2D eigenvalue weighted by molar-refractivity contribution is 7.71. The molecule has 0 unspecified atom stereocenters. The number of nitrogens with zero attached hydrogens (tertiary/aromatic N) is 4. The molecule has 8 heteroatoms. The van der Waals surface area contributed by atoms with Gasteiger partial charge in [0.25, 0.3) is 5.91 Å². The van der Waals surface area contributed by atoms with Crippen LogP contribution in [0.1, 0.15) is 35.1 Å². The molecule has 5 rings (SSSR count). The molecular weight excluding hydrogens is 396 g/mol. The van der Waals surface area contributed by atoms with Crippen molar-refractivity contribution >= 4 is 18.1 Å². The maximum Gasteiger partial charge on any atom is 0.255 e. The molecule has 0 spiro atoms. The highest BCUT2D eigenvalue weighted by Crippen LogP contribution is 2.35. The van der Waals surface area contributed by atoms with Crippen LogP contribution in [0.2, 0.25) is 0 Å². The molecule has 150 valence electrons. The molecule has 1 aliphatic carbocycles. The largest absolute Gasteiger partial charge is 0.345 e. The number of H-pyrrole nitrogens is 1. The van der Waals surface area contributed by atoms with E-state index in [1.807, 2.05) is 65.2 Å². The second-order valence-corrected chi connectivity index (χ2v) is 7.65. The molecule has 4 aromatic rings. The van der Waals surface area contributed by atoms with Crippen LogP contribution in [-0.4, -0.2) is 30.5 Å². The first kappa shape index (κ1) is 18.5. The number of nitrogens with one attached hydrogen (secondary N) is 2. The Kier molecular flexibility index (Phi) is 4.76.